The Kier molecular flexibility index (Phi) is 5.84. The topological polar surface area (TPSA) is 67.2 Å². The van der Waals surface area contributed by atoms with Gasteiger partial charge >= 0.3 is 0 Å². The summed E-state index contributed by atoms with van der Waals surface area (Å²) in [5, 5.41) is 8.58. The lowest BCUT2D eigenvalue weighted by Crippen LogP contribution is -2.21. The van der Waals surface area contributed by atoms with Crippen LogP contribution in [-0.2, 0) is 9.84 Å². The third-order valence-corrected chi connectivity index (χ3v) is 5.44. The molecule has 19 heavy (non-hydrogen) atoms. The molecule has 1 unspecified atom stereocenters. The van der Waals surface area contributed by atoms with Crippen molar-refractivity contribution in [1.82, 2.24) is 0 Å². The van der Waals surface area contributed by atoms with Crippen LogP contribution < -0.4 is 4.74 Å². The molecule has 0 aliphatic carbocycles. The Bertz CT molecular complexity index is 546. The molecule has 0 spiro atoms. The Balaban J connectivity index is 2.46. The van der Waals surface area contributed by atoms with Gasteiger partial charge in [-0.3, -0.25) is 0 Å². The van der Waals surface area contributed by atoms with Crippen molar-refractivity contribution in [3.05, 3.63) is 29.8 Å². The second kappa shape index (κ2) is 7.15. The molecule has 0 saturated heterocycles. The molecule has 5 heteroatoms. The number of hydrogen-bond acceptors (Lipinski definition) is 4. The first kappa shape index (κ1) is 15.5. The van der Waals surface area contributed by atoms with E-state index in [0.29, 0.717) is 30.8 Å². The van der Waals surface area contributed by atoms with Gasteiger partial charge in [-0.1, -0.05) is 19.1 Å². The van der Waals surface area contributed by atoms with Crippen LogP contribution in [0.5, 0.6) is 5.75 Å². The van der Waals surface area contributed by atoms with Crippen molar-refractivity contribution in [2.45, 2.75) is 31.9 Å². The van der Waals surface area contributed by atoms with Crippen LogP contribution in [0.15, 0.2) is 24.3 Å². The van der Waals surface area contributed by atoms with Crippen LogP contribution >= 0.6 is 0 Å². The standard InChI is InChI=1S/C14H19NO3S/c1-3-12(2)19(16,17)10-6-9-18-14-8-5-4-7-13(14)11-15/h4-5,7-8,12H,3,6,9-10H2,1-2H3. The van der Waals surface area contributed by atoms with Gasteiger partial charge in [0.05, 0.1) is 23.2 Å². The second-order valence-corrected chi connectivity index (χ2v) is 6.93. The van der Waals surface area contributed by atoms with Gasteiger partial charge in [0, 0.05) is 0 Å². The number of para-hydroxylation sites is 1. The highest BCUT2D eigenvalue weighted by molar-refractivity contribution is 7.91. The molecule has 1 aromatic carbocycles. The van der Waals surface area contributed by atoms with E-state index in [9.17, 15) is 8.42 Å². The number of nitrogens with zero attached hydrogens (tertiary/aromatic N) is 1. The van der Waals surface area contributed by atoms with E-state index in [1.807, 2.05) is 13.0 Å². The van der Waals surface area contributed by atoms with Gasteiger partial charge in [-0.05, 0) is 31.9 Å². The summed E-state index contributed by atoms with van der Waals surface area (Å²) in [7, 11) is -3.03. The number of hydrogen-bond donors (Lipinski definition) is 0. The fourth-order valence-corrected chi connectivity index (χ4v) is 3.01. The predicted octanol–water partition coefficient (Wildman–Crippen LogP) is 2.54. The average molecular weight is 281 g/mol. The fourth-order valence-electron chi connectivity index (χ4n) is 1.58. The maximum atomic E-state index is 11.8. The van der Waals surface area contributed by atoms with Gasteiger partial charge in [-0.25, -0.2) is 8.42 Å². The molecule has 0 N–H and O–H groups in total. The summed E-state index contributed by atoms with van der Waals surface area (Å²) in [6.07, 6.45) is 1.06. The van der Waals surface area contributed by atoms with Crippen molar-refractivity contribution in [2.75, 3.05) is 12.4 Å². The molecule has 0 aliphatic rings. The predicted molar refractivity (Wildman–Crippen MR) is 74.8 cm³/mol. The molecule has 0 bridgehead atoms. The van der Waals surface area contributed by atoms with Crippen molar-refractivity contribution in [3.8, 4) is 11.8 Å². The Hall–Kier alpha value is -1.54. The fraction of sp³-hybridized carbons (Fsp3) is 0.500. The third kappa shape index (κ3) is 4.56. The van der Waals surface area contributed by atoms with E-state index in [2.05, 4.69) is 0 Å². The molecule has 0 fully saturated rings. The molecule has 0 aliphatic heterocycles. The first-order chi connectivity index (χ1) is 9.01. The van der Waals surface area contributed by atoms with Crippen LogP contribution in [0.1, 0.15) is 32.3 Å². The molecule has 1 aromatic rings. The van der Waals surface area contributed by atoms with Crippen LogP contribution in [0.25, 0.3) is 0 Å². The normalized spacial score (nSPS) is 12.7. The summed E-state index contributed by atoms with van der Waals surface area (Å²) in [6.45, 7) is 3.89. The third-order valence-electron chi connectivity index (χ3n) is 3.03. The van der Waals surface area contributed by atoms with Crippen molar-refractivity contribution in [1.29, 1.82) is 5.26 Å². The monoisotopic (exact) mass is 281 g/mol. The summed E-state index contributed by atoms with van der Waals surface area (Å²) in [4.78, 5) is 0. The van der Waals surface area contributed by atoms with Crippen molar-refractivity contribution in [2.24, 2.45) is 0 Å². The zero-order chi connectivity index (χ0) is 14.3. The smallest absolute Gasteiger partial charge is 0.153 e. The van der Waals surface area contributed by atoms with Crippen molar-refractivity contribution in [3.63, 3.8) is 0 Å². The summed E-state index contributed by atoms with van der Waals surface area (Å²) < 4.78 is 29.0. The summed E-state index contributed by atoms with van der Waals surface area (Å²) in [6, 6.07) is 8.97. The molecule has 1 atom stereocenters. The second-order valence-electron chi connectivity index (χ2n) is 4.40. The number of benzene rings is 1. The molecule has 104 valence electrons. The summed E-state index contributed by atoms with van der Waals surface area (Å²) in [5.41, 5.74) is 0.465. The number of rotatable bonds is 7. The Labute approximate surface area is 114 Å². The SMILES string of the molecule is CCC(C)S(=O)(=O)CCCOc1ccccc1C#N. The number of nitriles is 1. The zero-order valence-electron chi connectivity index (χ0n) is 11.3. The molecule has 0 aromatic heterocycles. The van der Waals surface area contributed by atoms with Gasteiger partial charge in [0.2, 0.25) is 0 Å². The van der Waals surface area contributed by atoms with Crippen LogP contribution in [0.4, 0.5) is 0 Å². The van der Waals surface area contributed by atoms with Gasteiger partial charge in [-0.15, -0.1) is 0 Å². The maximum Gasteiger partial charge on any atom is 0.153 e. The molecule has 0 saturated carbocycles. The quantitative estimate of drug-likeness (QED) is 0.720. The summed E-state index contributed by atoms with van der Waals surface area (Å²) in [5.74, 6) is 0.627. The Morgan fingerprint density at radius 1 is 1.37 bits per heavy atom. The zero-order valence-corrected chi connectivity index (χ0v) is 12.1. The van der Waals surface area contributed by atoms with Gasteiger partial charge in [0.25, 0.3) is 0 Å². The van der Waals surface area contributed by atoms with Crippen LogP contribution in [-0.4, -0.2) is 26.0 Å². The summed E-state index contributed by atoms with van der Waals surface area (Å²) >= 11 is 0. The molecular formula is C14H19NO3S. The van der Waals surface area contributed by atoms with Crippen molar-refractivity contribution >= 4 is 9.84 Å². The highest BCUT2D eigenvalue weighted by Gasteiger charge is 2.18. The van der Waals surface area contributed by atoms with Crippen LogP contribution in [0, 0.1) is 11.3 Å². The van der Waals surface area contributed by atoms with E-state index in [1.54, 1.807) is 31.2 Å². The van der Waals surface area contributed by atoms with E-state index < -0.39 is 9.84 Å². The minimum atomic E-state index is -3.03. The highest BCUT2D eigenvalue weighted by Crippen LogP contribution is 2.17. The van der Waals surface area contributed by atoms with E-state index >= 15 is 0 Å². The minimum Gasteiger partial charge on any atom is -0.492 e. The molecule has 0 amide bonds. The molecular weight excluding hydrogens is 262 g/mol. The van der Waals surface area contributed by atoms with Crippen molar-refractivity contribution < 1.29 is 13.2 Å². The van der Waals surface area contributed by atoms with E-state index in [0.717, 1.165) is 0 Å². The van der Waals surface area contributed by atoms with Gasteiger partial charge < -0.3 is 4.74 Å². The lowest BCUT2D eigenvalue weighted by atomic mass is 10.2. The van der Waals surface area contributed by atoms with E-state index in [4.69, 9.17) is 10.00 Å². The first-order valence-electron chi connectivity index (χ1n) is 6.34. The van der Waals surface area contributed by atoms with E-state index in [-0.39, 0.29) is 11.0 Å². The van der Waals surface area contributed by atoms with E-state index in [1.165, 1.54) is 0 Å². The number of sulfone groups is 1. The lowest BCUT2D eigenvalue weighted by Gasteiger charge is -2.11. The first-order valence-corrected chi connectivity index (χ1v) is 8.06. The van der Waals surface area contributed by atoms with Gasteiger partial charge in [0.1, 0.15) is 11.8 Å². The maximum absolute atomic E-state index is 11.8. The molecule has 1 rings (SSSR count). The Morgan fingerprint density at radius 3 is 2.68 bits per heavy atom. The molecule has 4 nitrogen and oxygen atoms in total. The Morgan fingerprint density at radius 2 is 2.05 bits per heavy atom. The lowest BCUT2D eigenvalue weighted by molar-refractivity contribution is 0.316. The average Bonchev–Trinajstić information content (AvgIpc) is 2.43. The highest BCUT2D eigenvalue weighted by atomic mass is 32.2. The van der Waals surface area contributed by atoms with Crippen LogP contribution in [0.2, 0.25) is 0 Å². The van der Waals surface area contributed by atoms with Gasteiger partial charge in [0.15, 0.2) is 9.84 Å². The minimum absolute atomic E-state index is 0.122. The van der Waals surface area contributed by atoms with Crippen LogP contribution in [0.3, 0.4) is 0 Å². The molecule has 0 radical (unpaired) electrons. The number of ether oxygens (including phenoxy) is 1. The molecule has 0 heterocycles. The van der Waals surface area contributed by atoms with Gasteiger partial charge in [-0.2, -0.15) is 5.26 Å². The largest absolute Gasteiger partial charge is 0.492 e.